The van der Waals surface area contributed by atoms with Gasteiger partial charge in [0, 0.05) is 0 Å². The molecule has 0 spiro atoms. The van der Waals surface area contributed by atoms with Crippen molar-refractivity contribution in [2.24, 2.45) is 0 Å². The maximum Gasteiger partial charge on any atom is 0.121 e. The predicted octanol–water partition coefficient (Wildman–Crippen LogP) is 1.83. The molecule has 3 heteroatoms. The van der Waals surface area contributed by atoms with Gasteiger partial charge in [-0.1, -0.05) is 13.8 Å². The minimum Gasteiger partial charge on any atom is -0.384 e. The lowest BCUT2D eigenvalue weighted by atomic mass is 10.2. The van der Waals surface area contributed by atoms with E-state index in [2.05, 4.69) is 18.9 Å². The Balaban J connectivity index is 2.81. The van der Waals surface area contributed by atoms with Crippen molar-refractivity contribution >= 4 is 5.82 Å². The zero-order chi connectivity index (χ0) is 8.27. The van der Waals surface area contributed by atoms with Crippen molar-refractivity contribution in [3.05, 3.63) is 12.3 Å². The molecule has 0 amide bonds. The number of nitrogens with zero attached hydrogens (tertiary/aromatic N) is 2. The normalized spacial score (nSPS) is 10.8. The summed E-state index contributed by atoms with van der Waals surface area (Å²) in [5.74, 6) is 0.763. The fourth-order valence-corrected chi connectivity index (χ4v) is 1.26. The first kappa shape index (κ1) is 8.11. The lowest BCUT2D eigenvalue weighted by Gasteiger charge is -2.13. The Morgan fingerprint density at radius 1 is 1.55 bits per heavy atom. The highest BCUT2D eigenvalue weighted by Crippen LogP contribution is 2.17. The minimum atomic E-state index is 0.463. The van der Waals surface area contributed by atoms with Crippen LogP contribution in [0.5, 0.6) is 0 Å². The number of hydrogen-bond acceptors (Lipinski definition) is 2. The molecule has 1 aromatic rings. The van der Waals surface area contributed by atoms with Crippen LogP contribution in [0.25, 0.3) is 0 Å². The topological polar surface area (TPSA) is 43.8 Å². The average Bonchev–Trinajstić information content (AvgIpc) is 2.40. The summed E-state index contributed by atoms with van der Waals surface area (Å²) in [7, 11) is 0. The third-order valence-corrected chi connectivity index (χ3v) is 1.99. The zero-order valence-electron chi connectivity index (χ0n) is 7.12. The van der Waals surface area contributed by atoms with E-state index >= 15 is 0 Å². The second-order valence-electron chi connectivity index (χ2n) is 2.67. The number of nitrogen functional groups attached to an aromatic ring is 1. The molecule has 0 saturated heterocycles. The third-order valence-electron chi connectivity index (χ3n) is 1.99. The van der Waals surface area contributed by atoms with Crippen LogP contribution in [-0.2, 0) is 0 Å². The van der Waals surface area contributed by atoms with E-state index < -0.39 is 0 Å². The first-order valence-corrected chi connectivity index (χ1v) is 4.08. The fourth-order valence-electron chi connectivity index (χ4n) is 1.26. The Bertz CT molecular complexity index is 213. The number of aromatic nitrogens is 2. The van der Waals surface area contributed by atoms with Gasteiger partial charge < -0.3 is 5.73 Å². The summed E-state index contributed by atoms with van der Waals surface area (Å²) >= 11 is 0. The Labute approximate surface area is 67.2 Å². The molecule has 11 heavy (non-hydrogen) atoms. The smallest absolute Gasteiger partial charge is 0.121 e. The lowest BCUT2D eigenvalue weighted by molar-refractivity contribution is 0.434. The summed E-state index contributed by atoms with van der Waals surface area (Å²) in [6.45, 7) is 4.30. The van der Waals surface area contributed by atoms with Gasteiger partial charge >= 0.3 is 0 Å². The van der Waals surface area contributed by atoms with Gasteiger partial charge in [-0.25, -0.2) is 4.68 Å². The molecule has 0 aliphatic rings. The molecule has 62 valence electrons. The molecule has 0 aliphatic carbocycles. The number of rotatable bonds is 3. The highest BCUT2D eigenvalue weighted by atomic mass is 15.3. The average molecular weight is 153 g/mol. The third kappa shape index (κ3) is 1.53. The van der Waals surface area contributed by atoms with E-state index in [-0.39, 0.29) is 0 Å². The van der Waals surface area contributed by atoms with E-state index in [9.17, 15) is 0 Å². The largest absolute Gasteiger partial charge is 0.384 e. The van der Waals surface area contributed by atoms with Crippen LogP contribution in [0.3, 0.4) is 0 Å². The van der Waals surface area contributed by atoms with Gasteiger partial charge in [0.05, 0.1) is 12.2 Å². The molecule has 1 rings (SSSR count). The summed E-state index contributed by atoms with van der Waals surface area (Å²) in [6.07, 6.45) is 3.92. The Morgan fingerprint density at radius 3 is 2.55 bits per heavy atom. The summed E-state index contributed by atoms with van der Waals surface area (Å²) in [5, 5.41) is 4.15. The molecule has 0 radical (unpaired) electrons. The second kappa shape index (κ2) is 3.42. The van der Waals surface area contributed by atoms with Crippen LogP contribution in [0.1, 0.15) is 32.7 Å². The van der Waals surface area contributed by atoms with Crippen LogP contribution in [0.15, 0.2) is 12.3 Å². The highest BCUT2D eigenvalue weighted by Gasteiger charge is 2.07. The lowest BCUT2D eigenvalue weighted by Crippen LogP contribution is -2.11. The molecule has 0 aromatic carbocycles. The van der Waals surface area contributed by atoms with Gasteiger partial charge in [-0.3, -0.25) is 0 Å². The standard InChI is InChI=1S/C8H15N3/c1-3-7(4-2)11-8(9)5-6-10-11/h5-7H,3-4,9H2,1-2H3. The van der Waals surface area contributed by atoms with E-state index in [1.54, 1.807) is 6.20 Å². The van der Waals surface area contributed by atoms with E-state index in [1.807, 2.05) is 10.7 Å². The maximum absolute atomic E-state index is 5.69. The van der Waals surface area contributed by atoms with Gasteiger partial charge in [-0.05, 0) is 18.9 Å². The number of nitrogens with two attached hydrogens (primary N) is 1. The van der Waals surface area contributed by atoms with Crippen LogP contribution in [0.2, 0.25) is 0 Å². The first-order chi connectivity index (χ1) is 5.29. The molecule has 0 bridgehead atoms. The number of anilines is 1. The Morgan fingerprint density at radius 2 is 2.18 bits per heavy atom. The van der Waals surface area contributed by atoms with Gasteiger partial charge in [0.2, 0.25) is 0 Å². The molecule has 1 heterocycles. The van der Waals surface area contributed by atoms with Gasteiger partial charge in [-0.2, -0.15) is 5.10 Å². The predicted molar refractivity (Wildman–Crippen MR) is 46.3 cm³/mol. The molecule has 0 saturated carbocycles. The molecular weight excluding hydrogens is 138 g/mol. The molecular formula is C8H15N3. The molecule has 0 aliphatic heterocycles. The second-order valence-corrected chi connectivity index (χ2v) is 2.67. The molecule has 2 N–H and O–H groups in total. The first-order valence-electron chi connectivity index (χ1n) is 4.08. The van der Waals surface area contributed by atoms with Crippen LogP contribution < -0.4 is 5.73 Å². The quantitative estimate of drug-likeness (QED) is 0.719. The van der Waals surface area contributed by atoms with Crippen molar-refractivity contribution in [3.63, 3.8) is 0 Å². The van der Waals surface area contributed by atoms with Crippen LogP contribution >= 0.6 is 0 Å². The Hall–Kier alpha value is -0.990. The van der Waals surface area contributed by atoms with Crippen molar-refractivity contribution in [2.75, 3.05) is 5.73 Å². The maximum atomic E-state index is 5.69. The van der Waals surface area contributed by atoms with Crippen molar-refractivity contribution in [2.45, 2.75) is 32.7 Å². The zero-order valence-corrected chi connectivity index (χ0v) is 7.12. The van der Waals surface area contributed by atoms with E-state index in [4.69, 9.17) is 5.73 Å². The molecule has 0 fully saturated rings. The van der Waals surface area contributed by atoms with Crippen molar-refractivity contribution in [1.82, 2.24) is 9.78 Å². The molecule has 0 unspecified atom stereocenters. The van der Waals surface area contributed by atoms with Crippen LogP contribution in [-0.4, -0.2) is 9.78 Å². The van der Waals surface area contributed by atoms with Gasteiger partial charge in [0.25, 0.3) is 0 Å². The van der Waals surface area contributed by atoms with Crippen molar-refractivity contribution in [1.29, 1.82) is 0 Å². The van der Waals surface area contributed by atoms with Gasteiger partial charge in [0.1, 0.15) is 5.82 Å². The van der Waals surface area contributed by atoms with E-state index in [0.29, 0.717) is 6.04 Å². The molecule has 0 atom stereocenters. The van der Waals surface area contributed by atoms with Gasteiger partial charge in [-0.15, -0.1) is 0 Å². The minimum absolute atomic E-state index is 0.463. The van der Waals surface area contributed by atoms with E-state index in [1.165, 1.54) is 0 Å². The number of hydrogen-bond donors (Lipinski definition) is 1. The summed E-state index contributed by atoms with van der Waals surface area (Å²) < 4.78 is 1.89. The fraction of sp³-hybridized carbons (Fsp3) is 0.625. The van der Waals surface area contributed by atoms with Crippen LogP contribution in [0, 0.1) is 0 Å². The molecule has 3 nitrogen and oxygen atoms in total. The monoisotopic (exact) mass is 153 g/mol. The van der Waals surface area contributed by atoms with Crippen molar-refractivity contribution in [3.8, 4) is 0 Å². The molecule has 1 aromatic heterocycles. The summed E-state index contributed by atoms with van der Waals surface area (Å²) in [4.78, 5) is 0. The Kier molecular flexibility index (Phi) is 2.52. The highest BCUT2D eigenvalue weighted by molar-refractivity contribution is 5.26. The summed E-state index contributed by atoms with van der Waals surface area (Å²) in [5.41, 5.74) is 5.69. The summed E-state index contributed by atoms with van der Waals surface area (Å²) in [6, 6.07) is 2.29. The van der Waals surface area contributed by atoms with E-state index in [0.717, 1.165) is 18.7 Å². The van der Waals surface area contributed by atoms with Gasteiger partial charge in [0.15, 0.2) is 0 Å². The van der Waals surface area contributed by atoms with Crippen molar-refractivity contribution < 1.29 is 0 Å². The SMILES string of the molecule is CCC(CC)n1nccc1N. The van der Waals surface area contributed by atoms with Crippen LogP contribution in [0.4, 0.5) is 5.82 Å².